The van der Waals surface area contributed by atoms with Crippen molar-refractivity contribution in [3.8, 4) is 0 Å². The first-order valence-corrected chi connectivity index (χ1v) is 12.8. The van der Waals surface area contributed by atoms with E-state index in [0.29, 0.717) is 24.5 Å². The minimum atomic E-state index is -3.04. The molecule has 4 rings (SSSR count). The topological polar surface area (TPSA) is 61.4 Å². The Morgan fingerprint density at radius 2 is 1.86 bits per heavy atom. The van der Waals surface area contributed by atoms with E-state index in [-0.39, 0.29) is 5.25 Å². The monoisotopic (exact) mass is 417 g/mol. The Hall–Kier alpha value is -1.21. The van der Waals surface area contributed by atoms with Crippen LogP contribution in [0.4, 0.5) is 0 Å². The minimum absolute atomic E-state index is 0.118. The summed E-state index contributed by atoms with van der Waals surface area (Å²) in [5.74, 6) is 0.690. The molecule has 2 aliphatic carbocycles. The van der Waals surface area contributed by atoms with E-state index in [1.54, 1.807) is 5.57 Å². The zero-order chi connectivity index (χ0) is 20.3. The maximum Gasteiger partial charge on any atom is 0.214 e. The Kier molecular flexibility index (Phi) is 6.74. The molecule has 1 aromatic rings. The Bertz CT molecular complexity index is 797. The summed E-state index contributed by atoms with van der Waals surface area (Å²) in [4.78, 5) is 2.39. The first kappa shape index (κ1) is 21.0. The number of sulfonamides is 1. The van der Waals surface area contributed by atoms with Gasteiger partial charge < -0.3 is 10.2 Å². The lowest BCUT2D eigenvalue weighted by atomic mass is 10.0. The van der Waals surface area contributed by atoms with E-state index in [4.69, 9.17) is 0 Å². The highest BCUT2D eigenvalue weighted by Gasteiger charge is 2.40. The second kappa shape index (κ2) is 9.29. The molecule has 160 valence electrons. The molecule has 1 aromatic carbocycles. The van der Waals surface area contributed by atoms with Gasteiger partial charge in [-0.3, -0.25) is 0 Å². The molecule has 1 heterocycles. The Morgan fingerprint density at radius 3 is 2.52 bits per heavy atom. The number of benzene rings is 1. The van der Waals surface area contributed by atoms with Gasteiger partial charge in [-0.1, -0.05) is 48.9 Å². The summed E-state index contributed by atoms with van der Waals surface area (Å²) in [5, 5.41) is 3.77. The van der Waals surface area contributed by atoms with Gasteiger partial charge >= 0.3 is 0 Å². The van der Waals surface area contributed by atoms with Crippen molar-refractivity contribution in [2.45, 2.75) is 62.8 Å². The number of nitrogens with zero attached hydrogens (tertiary/aromatic N) is 1. The average Bonchev–Trinajstić information content (AvgIpc) is 3.63. The van der Waals surface area contributed by atoms with Crippen molar-refractivity contribution in [3.05, 3.63) is 41.5 Å². The highest BCUT2D eigenvalue weighted by Crippen LogP contribution is 2.40. The largest absolute Gasteiger partial charge is 0.311 e. The van der Waals surface area contributed by atoms with E-state index >= 15 is 0 Å². The van der Waals surface area contributed by atoms with Crippen molar-refractivity contribution >= 4 is 16.1 Å². The van der Waals surface area contributed by atoms with Crippen LogP contribution in [-0.4, -0.2) is 56.8 Å². The van der Waals surface area contributed by atoms with Crippen molar-refractivity contribution in [1.29, 1.82) is 0 Å². The number of likely N-dealkylation sites (tertiary alicyclic amines) is 1. The maximum absolute atomic E-state index is 11.9. The predicted octanol–water partition coefficient (Wildman–Crippen LogP) is 3.00. The highest BCUT2D eigenvalue weighted by molar-refractivity contribution is 7.90. The zero-order valence-corrected chi connectivity index (χ0v) is 18.3. The van der Waals surface area contributed by atoms with Gasteiger partial charge in [0.15, 0.2) is 0 Å². The van der Waals surface area contributed by atoms with Crippen LogP contribution in [0.5, 0.6) is 0 Å². The molecule has 1 saturated heterocycles. The fourth-order valence-corrected chi connectivity index (χ4v) is 5.86. The van der Waals surface area contributed by atoms with Crippen molar-refractivity contribution < 1.29 is 8.42 Å². The van der Waals surface area contributed by atoms with Crippen molar-refractivity contribution in [1.82, 2.24) is 14.9 Å². The molecule has 3 aliphatic rings. The first-order valence-electron chi connectivity index (χ1n) is 11.3. The molecule has 2 atom stereocenters. The molecule has 29 heavy (non-hydrogen) atoms. The fourth-order valence-electron chi connectivity index (χ4n) is 4.49. The minimum Gasteiger partial charge on any atom is -0.311 e. The molecule has 1 aliphatic heterocycles. The number of rotatable bonds is 10. The van der Waals surface area contributed by atoms with Crippen molar-refractivity contribution in [2.24, 2.45) is 5.92 Å². The molecular weight excluding hydrogens is 382 g/mol. The van der Waals surface area contributed by atoms with Crippen LogP contribution < -0.4 is 10.0 Å². The summed E-state index contributed by atoms with van der Waals surface area (Å²) >= 11 is 0. The molecule has 3 fully saturated rings. The smallest absolute Gasteiger partial charge is 0.214 e. The summed E-state index contributed by atoms with van der Waals surface area (Å²) < 4.78 is 26.6. The lowest BCUT2D eigenvalue weighted by Gasteiger charge is -2.32. The summed E-state index contributed by atoms with van der Waals surface area (Å²) in [6, 6.07) is 11.9. The van der Waals surface area contributed by atoms with Gasteiger partial charge in [-0.05, 0) is 63.1 Å². The van der Waals surface area contributed by atoms with Gasteiger partial charge in [0.25, 0.3) is 0 Å². The quantitative estimate of drug-likeness (QED) is 0.614. The molecule has 0 radical (unpaired) electrons. The normalized spacial score (nSPS) is 26.6. The Morgan fingerprint density at radius 1 is 1.14 bits per heavy atom. The van der Waals surface area contributed by atoms with Crippen LogP contribution in [0.1, 0.15) is 51.0 Å². The maximum atomic E-state index is 11.9. The molecule has 0 spiro atoms. The third-order valence-corrected chi connectivity index (χ3v) is 8.51. The van der Waals surface area contributed by atoms with Crippen LogP contribution in [0, 0.1) is 5.92 Å². The average molecular weight is 418 g/mol. The van der Waals surface area contributed by atoms with Gasteiger partial charge in [-0.2, -0.15) is 0 Å². The summed E-state index contributed by atoms with van der Waals surface area (Å²) in [5.41, 5.74) is 2.87. The van der Waals surface area contributed by atoms with E-state index in [1.807, 2.05) is 0 Å². The Balaban J connectivity index is 1.16. The van der Waals surface area contributed by atoms with Gasteiger partial charge in [0, 0.05) is 25.2 Å². The number of hydrogen-bond acceptors (Lipinski definition) is 4. The van der Waals surface area contributed by atoms with Crippen molar-refractivity contribution in [3.63, 3.8) is 0 Å². The van der Waals surface area contributed by atoms with E-state index in [2.05, 4.69) is 58.3 Å². The van der Waals surface area contributed by atoms with E-state index in [0.717, 1.165) is 51.7 Å². The molecular formula is C23H35N3O2S. The van der Waals surface area contributed by atoms with Gasteiger partial charge in [0.2, 0.25) is 10.0 Å². The number of hydrogen-bond donors (Lipinski definition) is 2. The predicted molar refractivity (Wildman–Crippen MR) is 119 cm³/mol. The molecule has 2 N–H and O–H groups in total. The van der Waals surface area contributed by atoms with Gasteiger partial charge in [-0.15, -0.1) is 0 Å². The Labute approximate surface area is 176 Å². The molecule has 0 amide bonds. The number of piperidine rings is 1. The number of nitrogens with one attached hydrogen (secondary N) is 2. The fraction of sp³-hybridized carbons (Fsp3) is 0.652. The standard InChI is InChI=1S/C23H35N3O2S/c1-2-19(16-18-6-4-3-5-7-18)22-17-23(22)25-20-10-13-26(14-11-20)15-12-24-29(27,28)21-8-9-21/h3-7,16,20-25H,2,8-15,17H2,1H3/b19-16+/t22-,23+/m0/s1. The summed E-state index contributed by atoms with van der Waals surface area (Å²) in [6.07, 6.45) is 8.72. The van der Waals surface area contributed by atoms with E-state index in [1.165, 1.54) is 12.0 Å². The third kappa shape index (κ3) is 5.91. The second-order valence-electron chi connectivity index (χ2n) is 8.85. The van der Waals surface area contributed by atoms with Crippen LogP contribution >= 0.6 is 0 Å². The lowest BCUT2D eigenvalue weighted by Crippen LogP contribution is -2.45. The van der Waals surface area contributed by atoms with Gasteiger partial charge in [0.05, 0.1) is 5.25 Å². The third-order valence-electron chi connectivity index (χ3n) is 6.56. The van der Waals surface area contributed by atoms with Crippen LogP contribution in [0.15, 0.2) is 35.9 Å². The van der Waals surface area contributed by atoms with Crippen molar-refractivity contribution in [2.75, 3.05) is 26.2 Å². The molecule has 5 nitrogen and oxygen atoms in total. The summed E-state index contributed by atoms with van der Waals surface area (Å²) in [6.45, 7) is 5.75. The molecule has 0 bridgehead atoms. The molecule has 0 unspecified atom stereocenters. The first-order chi connectivity index (χ1) is 14.0. The zero-order valence-electron chi connectivity index (χ0n) is 17.5. The molecule has 2 saturated carbocycles. The molecule has 0 aromatic heterocycles. The highest BCUT2D eigenvalue weighted by atomic mass is 32.2. The summed E-state index contributed by atoms with van der Waals surface area (Å²) in [7, 11) is -3.04. The van der Waals surface area contributed by atoms with Gasteiger partial charge in [0.1, 0.15) is 0 Å². The second-order valence-corrected chi connectivity index (χ2v) is 10.9. The molecule has 6 heteroatoms. The van der Waals surface area contributed by atoms with Crippen LogP contribution in [0.25, 0.3) is 6.08 Å². The van der Waals surface area contributed by atoms with Crippen LogP contribution in [-0.2, 0) is 10.0 Å². The SMILES string of the molecule is CC/C(=C\c1ccccc1)[C@@H]1C[C@H]1NC1CCN(CCNS(=O)(=O)C2CC2)CC1. The lowest BCUT2D eigenvalue weighted by molar-refractivity contribution is 0.199. The van der Waals surface area contributed by atoms with E-state index in [9.17, 15) is 8.42 Å². The van der Waals surface area contributed by atoms with Crippen LogP contribution in [0.3, 0.4) is 0 Å². The van der Waals surface area contributed by atoms with Crippen LogP contribution in [0.2, 0.25) is 0 Å². The van der Waals surface area contributed by atoms with E-state index < -0.39 is 10.0 Å². The van der Waals surface area contributed by atoms with Gasteiger partial charge in [-0.25, -0.2) is 13.1 Å².